The van der Waals surface area contributed by atoms with Crippen LogP contribution < -0.4 is 4.74 Å². The molecule has 0 spiro atoms. The van der Waals surface area contributed by atoms with Crippen LogP contribution in [0.4, 0.5) is 13.2 Å². The van der Waals surface area contributed by atoms with E-state index in [1.54, 1.807) is 20.8 Å². The predicted octanol–water partition coefficient (Wildman–Crippen LogP) is 5.46. The minimum atomic E-state index is -4.68. The van der Waals surface area contributed by atoms with Crippen molar-refractivity contribution >= 4 is 16.7 Å². The highest BCUT2D eigenvalue weighted by Crippen LogP contribution is 2.26. The van der Waals surface area contributed by atoms with Gasteiger partial charge in [0.25, 0.3) is 0 Å². The summed E-state index contributed by atoms with van der Waals surface area (Å²) in [5.74, 6) is 0.513. The van der Waals surface area contributed by atoms with Crippen molar-refractivity contribution in [1.29, 1.82) is 0 Å². The molecule has 1 aromatic rings. The van der Waals surface area contributed by atoms with Crippen molar-refractivity contribution < 1.29 is 22.1 Å². The first-order valence-corrected chi connectivity index (χ1v) is 9.47. The lowest BCUT2D eigenvalue weighted by atomic mass is 10.1. The zero-order chi connectivity index (χ0) is 19.1. The molecule has 1 aromatic carbocycles. The number of alkyl halides is 3. The van der Waals surface area contributed by atoms with Crippen molar-refractivity contribution in [3.63, 3.8) is 0 Å². The van der Waals surface area contributed by atoms with Crippen LogP contribution in [0.2, 0.25) is 0 Å². The number of hydrogen-bond donors (Lipinski definition) is 0. The van der Waals surface area contributed by atoms with Gasteiger partial charge in [-0.25, -0.2) is 4.21 Å². The molecule has 0 radical (unpaired) electrons. The van der Waals surface area contributed by atoms with Gasteiger partial charge in [-0.05, 0) is 51.5 Å². The molecule has 0 saturated carbocycles. The number of hydrogen-bond acceptors (Lipinski definition) is 2. The maximum Gasteiger partial charge on any atom is 0.434 e. The van der Waals surface area contributed by atoms with Gasteiger partial charge in [-0.3, -0.25) is 0 Å². The minimum absolute atomic E-state index is 0.122. The molecule has 25 heavy (non-hydrogen) atoms. The average Bonchev–Trinajstić information content (AvgIpc) is 2.51. The Hall–Kier alpha value is -1.37. The van der Waals surface area contributed by atoms with Crippen LogP contribution in [-0.4, -0.2) is 27.5 Å². The summed E-state index contributed by atoms with van der Waals surface area (Å²) in [6.45, 7) is 7.39. The van der Waals surface area contributed by atoms with E-state index in [1.807, 2.05) is 0 Å². The molecular formula is C18H26F3NO2S. The molecule has 0 aliphatic heterocycles. The average molecular weight is 377 g/mol. The second-order valence-corrected chi connectivity index (χ2v) is 8.64. The fourth-order valence-corrected chi connectivity index (χ4v) is 2.56. The third kappa shape index (κ3) is 7.59. The fraction of sp³-hybridized carbons (Fsp3) is 0.611. The van der Waals surface area contributed by atoms with E-state index in [4.69, 9.17) is 4.74 Å². The van der Waals surface area contributed by atoms with Gasteiger partial charge in [0, 0.05) is 5.56 Å². The van der Waals surface area contributed by atoms with Crippen LogP contribution in [0.5, 0.6) is 5.75 Å². The number of benzene rings is 1. The first-order valence-electron chi connectivity index (χ1n) is 8.37. The Bertz CT molecular complexity index is 590. The van der Waals surface area contributed by atoms with E-state index < -0.39 is 27.6 Å². The summed E-state index contributed by atoms with van der Waals surface area (Å²) in [6, 6.07) is 5.56. The molecule has 0 heterocycles. The third-order valence-corrected chi connectivity index (χ3v) is 4.76. The van der Waals surface area contributed by atoms with Crippen LogP contribution in [0.15, 0.2) is 28.7 Å². The van der Waals surface area contributed by atoms with Crippen molar-refractivity contribution in [3.8, 4) is 5.75 Å². The number of nitrogens with zero attached hydrogens (tertiary/aromatic N) is 1. The van der Waals surface area contributed by atoms with E-state index >= 15 is 0 Å². The first kappa shape index (κ1) is 21.7. The summed E-state index contributed by atoms with van der Waals surface area (Å²) in [7, 11) is -1.99. The van der Waals surface area contributed by atoms with Gasteiger partial charge < -0.3 is 4.74 Å². The van der Waals surface area contributed by atoms with Crippen LogP contribution in [0.1, 0.15) is 58.9 Å². The van der Waals surface area contributed by atoms with Gasteiger partial charge in [-0.2, -0.15) is 17.6 Å². The summed E-state index contributed by atoms with van der Waals surface area (Å²) in [4.78, 5) is 0. The molecular weight excluding hydrogens is 351 g/mol. The van der Waals surface area contributed by atoms with Crippen LogP contribution in [-0.2, 0) is 11.0 Å². The molecule has 0 aromatic heterocycles. The smallest absolute Gasteiger partial charge is 0.434 e. The monoisotopic (exact) mass is 377 g/mol. The molecule has 1 rings (SSSR count). The van der Waals surface area contributed by atoms with Crippen molar-refractivity contribution in [1.82, 2.24) is 0 Å². The SMILES string of the molecule is CCCCCCOc1ccc(/C(=N\[S@@](=O)C(C)(C)C)C(F)(F)F)cc1. The Morgan fingerprint density at radius 1 is 1.08 bits per heavy atom. The summed E-state index contributed by atoms with van der Waals surface area (Å²) in [5.41, 5.74) is -1.25. The predicted molar refractivity (Wildman–Crippen MR) is 96.6 cm³/mol. The highest BCUT2D eigenvalue weighted by atomic mass is 32.2. The van der Waals surface area contributed by atoms with Gasteiger partial charge >= 0.3 is 6.18 Å². The number of halogens is 3. The van der Waals surface area contributed by atoms with Crippen molar-refractivity contribution in [3.05, 3.63) is 29.8 Å². The molecule has 142 valence electrons. The Kier molecular flexibility index (Phi) is 8.12. The van der Waals surface area contributed by atoms with Crippen LogP contribution >= 0.6 is 0 Å². The van der Waals surface area contributed by atoms with Crippen LogP contribution in [0.25, 0.3) is 0 Å². The molecule has 0 amide bonds. The van der Waals surface area contributed by atoms with E-state index in [2.05, 4.69) is 11.3 Å². The maximum absolute atomic E-state index is 13.3. The molecule has 0 fully saturated rings. The van der Waals surface area contributed by atoms with Gasteiger partial charge in [0.2, 0.25) is 0 Å². The van der Waals surface area contributed by atoms with Crippen LogP contribution in [0.3, 0.4) is 0 Å². The van der Waals surface area contributed by atoms with E-state index in [1.165, 1.54) is 24.3 Å². The lowest BCUT2D eigenvalue weighted by Gasteiger charge is -2.17. The molecule has 0 aliphatic rings. The zero-order valence-corrected chi connectivity index (χ0v) is 16.0. The third-order valence-electron chi connectivity index (χ3n) is 3.36. The highest BCUT2D eigenvalue weighted by molar-refractivity contribution is 7.85. The van der Waals surface area contributed by atoms with Gasteiger partial charge in [-0.15, -0.1) is 0 Å². The van der Waals surface area contributed by atoms with E-state index in [-0.39, 0.29) is 5.56 Å². The molecule has 0 unspecified atom stereocenters. The van der Waals surface area contributed by atoms with Crippen molar-refractivity contribution in [2.24, 2.45) is 4.40 Å². The summed E-state index contributed by atoms with van der Waals surface area (Å²) in [5, 5.41) is 0. The van der Waals surface area contributed by atoms with E-state index in [0.717, 1.165) is 25.7 Å². The molecule has 0 saturated heterocycles. The van der Waals surface area contributed by atoms with E-state index in [9.17, 15) is 17.4 Å². The summed E-state index contributed by atoms with van der Waals surface area (Å²) in [6.07, 6.45) is -0.431. The zero-order valence-electron chi connectivity index (χ0n) is 15.2. The minimum Gasteiger partial charge on any atom is -0.494 e. The van der Waals surface area contributed by atoms with Gasteiger partial charge in [0.05, 0.1) is 11.4 Å². The Balaban J connectivity index is 2.88. The first-order chi connectivity index (χ1) is 11.6. The fourth-order valence-electron chi connectivity index (χ4n) is 1.92. The Morgan fingerprint density at radius 3 is 2.16 bits per heavy atom. The Morgan fingerprint density at radius 2 is 1.68 bits per heavy atom. The largest absolute Gasteiger partial charge is 0.494 e. The van der Waals surface area contributed by atoms with Gasteiger partial charge in [0.1, 0.15) is 16.7 Å². The second kappa shape index (κ2) is 9.36. The summed E-state index contributed by atoms with van der Waals surface area (Å²) >= 11 is 0. The van der Waals surface area contributed by atoms with Gasteiger partial charge in [-0.1, -0.05) is 26.2 Å². The quantitative estimate of drug-likeness (QED) is 0.446. The topological polar surface area (TPSA) is 38.7 Å². The van der Waals surface area contributed by atoms with Gasteiger partial charge in [0.15, 0.2) is 5.71 Å². The summed E-state index contributed by atoms with van der Waals surface area (Å²) < 4.78 is 59.9. The lowest BCUT2D eigenvalue weighted by molar-refractivity contribution is -0.0578. The highest BCUT2D eigenvalue weighted by Gasteiger charge is 2.38. The van der Waals surface area contributed by atoms with Crippen LogP contribution in [0, 0.1) is 0 Å². The van der Waals surface area contributed by atoms with E-state index in [0.29, 0.717) is 12.4 Å². The molecule has 0 N–H and O–H groups in total. The maximum atomic E-state index is 13.3. The number of ether oxygens (including phenoxy) is 1. The lowest BCUT2D eigenvalue weighted by Crippen LogP contribution is -2.28. The Labute approximate surface area is 150 Å². The molecule has 7 heteroatoms. The normalized spacial score (nSPS) is 14.4. The van der Waals surface area contributed by atoms with Crippen molar-refractivity contribution in [2.45, 2.75) is 64.3 Å². The second-order valence-electron chi connectivity index (χ2n) is 6.73. The molecule has 1 atom stereocenters. The standard InChI is InChI=1S/C18H26F3NO2S/c1-5-6-7-8-13-24-15-11-9-14(10-12-15)16(18(19,20)21)22-25(23)17(2,3)4/h9-12H,5-8,13H2,1-4H3/b22-16+/t25-/m0/s1. The number of rotatable bonds is 8. The number of unbranched alkanes of at least 4 members (excludes halogenated alkanes) is 3. The molecule has 0 aliphatic carbocycles. The molecule has 3 nitrogen and oxygen atoms in total. The molecule has 0 bridgehead atoms. The van der Waals surface area contributed by atoms with Crippen molar-refractivity contribution in [2.75, 3.05) is 6.61 Å².